The van der Waals surface area contributed by atoms with Gasteiger partial charge in [-0.25, -0.2) is 0 Å². The third-order valence-corrected chi connectivity index (χ3v) is 3.48. The van der Waals surface area contributed by atoms with Gasteiger partial charge in [0.25, 0.3) is 5.91 Å². The van der Waals surface area contributed by atoms with Crippen LogP contribution < -0.4 is 4.74 Å². The van der Waals surface area contributed by atoms with E-state index in [1.807, 2.05) is 0 Å². The van der Waals surface area contributed by atoms with Gasteiger partial charge in [0.2, 0.25) is 0 Å². The molecule has 1 aliphatic heterocycles. The van der Waals surface area contributed by atoms with E-state index in [0.29, 0.717) is 16.9 Å². The van der Waals surface area contributed by atoms with Crippen LogP contribution in [0.15, 0.2) is 18.2 Å². The van der Waals surface area contributed by atoms with Crippen LogP contribution in [0.4, 0.5) is 0 Å². The Kier molecular flexibility index (Phi) is 4.43. The minimum Gasteiger partial charge on any atom is -0.479 e. The van der Waals surface area contributed by atoms with Crippen molar-refractivity contribution in [1.29, 1.82) is 0 Å². The van der Waals surface area contributed by atoms with Gasteiger partial charge in [-0.2, -0.15) is 0 Å². The first kappa shape index (κ1) is 13.9. The fourth-order valence-corrected chi connectivity index (χ4v) is 2.39. The van der Waals surface area contributed by atoms with E-state index in [0.717, 1.165) is 25.9 Å². The van der Waals surface area contributed by atoms with Crippen molar-refractivity contribution in [1.82, 2.24) is 4.90 Å². The third kappa shape index (κ3) is 3.07. The highest BCUT2D eigenvalue weighted by atomic mass is 35.5. The van der Waals surface area contributed by atoms with Gasteiger partial charge in [0.1, 0.15) is 5.75 Å². The van der Waals surface area contributed by atoms with E-state index in [1.165, 1.54) is 0 Å². The molecule has 1 aromatic rings. The largest absolute Gasteiger partial charge is 0.479 e. The molecule has 0 aromatic heterocycles. The average molecular weight is 282 g/mol. The molecule has 1 unspecified atom stereocenters. The summed E-state index contributed by atoms with van der Waals surface area (Å²) in [6, 6.07) is 4.92. The average Bonchev–Trinajstić information content (AvgIpc) is 2.94. The number of carbonyl (C=O) groups is 2. The topological polar surface area (TPSA) is 46.6 Å². The van der Waals surface area contributed by atoms with Crippen LogP contribution in [0.3, 0.4) is 0 Å². The SMILES string of the molecule is CC(Oc1c(Cl)cccc1C=O)C(=O)N1CCCC1. The number of nitrogens with zero attached hydrogens (tertiary/aromatic N) is 1. The van der Waals surface area contributed by atoms with Crippen molar-refractivity contribution >= 4 is 23.8 Å². The zero-order valence-corrected chi connectivity index (χ0v) is 11.5. The summed E-state index contributed by atoms with van der Waals surface area (Å²) < 4.78 is 5.59. The van der Waals surface area contributed by atoms with Crippen LogP contribution in [-0.2, 0) is 4.79 Å². The number of benzene rings is 1. The molecule has 102 valence electrons. The molecule has 0 N–H and O–H groups in total. The highest BCUT2D eigenvalue weighted by Gasteiger charge is 2.25. The normalized spacial score (nSPS) is 16.2. The molecule has 19 heavy (non-hydrogen) atoms. The molecule has 1 amide bonds. The van der Waals surface area contributed by atoms with Crippen LogP contribution in [0.25, 0.3) is 0 Å². The van der Waals surface area contributed by atoms with Gasteiger partial charge in [0, 0.05) is 13.1 Å². The van der Waals surface area contributed by atoms with Crippen LogP contribution in [-0.4, -0.2) is 36.3 Å². The van der Waals surface area contributed by atoms with Crippen molar-refractivity contribution in [2.45, 2.75) is 25.9 Å². The number of hydrogen-bond donors (Lipinski definition) is 0. The Morgan fingerprint density at radius 3 is 2.74 bits per heavy atom. The fraction of sp³-hybridized carbons (Fsp3) is 0.429. The maximum Gasteiger partial charge on any atom is 0.263 e. The Bertz CT molecular complexity index is 484. The Hall–Kier alpha value is -1.55. The number of likely N-dealkylation sites (tertiary alicyclic amines) is 1. The second-order valence-corrected chi connectivity index (χ2v) is 4.98. The fourth-order valence-electron chi connectivity index (χ4n) is 2.16. The molecule has 0 aliphatic carbocycles. The van der Waals surface area contributed by atoms with E-state index >= 15 is 0 Å². The smallest absolute Gasteiger partial charge is 0.263 e. The van der Waals surface area contributed by atoms with Crippen molar-refractivity contribution in [3.05, 3.63) is 28.8 Å². The number of para-hydroxylation sites is 1. The van der Waals surface area contributed by atoms with Gasteiger partial charge in [-0.15, -0.1) is 0 Å². The predicted octanol–water partition coefficient (Wildman–Crippen LogP) is 2.54. The molecule has 1 aromatic carbocycles. The standard InChI is InChI=1S/C14H16ClNO3/c1-10(14(18)16-7-2-3-8-16)19-13-11(9-17)5-4-6-12(13)15/h4-6,9-10H,2-3,7-8H2,1H3. The zero-order chi connectivity index (χ0) is 13.8. The summed E-state index contributed by atoms with van der Waals surface area (Å²) in [7, 11) is 0. The quantitative estimate of drug-likeness (QED) is 0.797. The van der Waals surface area contributed by atoms with Crippen LogP contribution >= 0.6 is 11.6 Å². The lowest BCUT2D eigenvalue weighted by Crippen LogP contribution is -2.38. The van der Waals surface area contributed by atoms with Gasteiger partial charge < -0.3 is 9.64 Å². The van der Waals surface area contributed by atoms with E-state index in [-0.39, 0.29) is 11.7 Å². The monoisotopic (exact) mass is 281 g/mol. The number of rotatable bonds is 4. The van der Waals surface area contributed by atoms with Crippen molar-refractivity contribution in [3.8, 4) is 5.75 Å². The summed E-state index contributed by atoms with van der Waals surface area (Å²) in [5, 5.41) is 0.339. The molecule has 0 radical (unpaired) electrons. The van der Waals surface area contributed by atoms with E-state index in [2.05, 4.69) is 0 Å². The van der Waals surface area contributed by atoms with Crippen LogP contribution in [0.5, 0.6) is 5.75 Å². The Balaban J connectivity index is 2.12. The van der Waals surface area contributed by atoms with E-state index in [1.54, 1.807) is 30.0 Å². The number of aldehydes is 1. The van der Waals surface area contributed by atoms with Crippen molar-refractivity contribution in [3.63, 3.8) is 0 Å². The molecule has 1 aliphatic rings. The minimum absolute atomic E-state index is 0.0609. The van der Waals surface area contributed by atoms with Gasteiger partial charge >= 0.3 is 0 Å². The molecule has 4 nitrogen and oxygen atoms in total. The molecular weight excluding hydrogens is 266 g/mol. The Morgan fingerprint density at radius 2 is 2.11 bits per heavy atom. The molecule has 1 saturated heterocycles. The van der Waals surface area contributed by atoms with Crippen molar-refractivity contribution < 1.29 is 14.3 Å². The van der Waals surface area contributed by atoms with Gasteiger partial charge in [-0.1, -0.05) is 17.7 Å². The molecule has 5 heteroatoms. The number of halogens is 1. The maximum atomic E-state index is 12.1. The van der Waals surface area contributed by atoms with E-state index in [4.69, 9.17) is 16.3 Å². The van der Waals surface area contributed by atoms with E-state index in [9.17, 15) is 9.59 Å². The lowest BCUT2D eigenvalue weighted by molar-refractivity contribution is -0.136. The molecule has 1 fully saturated rings. The molecule has 0 saturated carbocycles. The summed E-state index contributed by atoms with van der Waals surface area (Å²) in [5.74, 6) is 0.216. The molecular formula is C14H16ClNO3. The number of ether oxygens (including phenoxy) is 1. The molecule has 2 rings (SSSR count). The molecule has 0 spiro atoms. The first-order chi connectivity index (χ1) is 9.13. The third-order valence-electron chi connectivity index (χ3n) is 3.18. The first-order valence-corrected chi connectivity index (χ1v) is 6.70. The van der Waals surface area contributed by atoms with E-state index < -0.39 is 6.10 Å². The Labute approximate surface area is 117 Å². The van der Waals surface area contributed by atoms with Gasteiger partial charge in [-0.05, 0) is 31.9 Å². The minimum atomic E-state index is -0.642. The summed E-state index contributed by atoms with van der Waals surface area (Å²) in [6.07, 6.45) is 2.10. The summed E-state index contributed by atoms with van der Waals surface area (Å²) >= 11 is 6.01. The van der Waals surface area contributed by atoms with Gasteiger partial charge in [-0.3, -0.25) is 9.59 Å². The molecule has 1 heterocycles. The zero-order valence-electron chi connectivity index (χ0n) is 10.8. The number of carbonyl (C=O) groups excluding carboxylic acids is 2. The second-order valence-electron chi connectivity index (χ2n) is 4.57. The second kappa shape index (κ2) is 6.06. The summed E-state index contributed by atoms with van der Waals surface area (Å²) in [5.41, 5.74) is 0.355. The van der Waals surface area contributed by atoms with Gasteiger partial charge in [0.05, 0.1) is 10.6 Å². The molecule has 0 bridgehead atoms. The van der Waals surface area contributed by atoms with Gasteiger partial charge in [0.15, 0.2) is 12.4 Å². The maximum absolute atomic E-state index is 12.1. The lowest BCUT2D eigenvalue weighted by atomic mass is 10.2. The predicted molar refractivity (Wildman–Crippen MR) is 72.7 cm³/mol. The van der Waals surface area contributed by atoms with Crippen LogP contribution in [0, 0.1) is 0 Å². The number of hydrogen-bond acceptors (Lipinski definition) is 3. The summed E-state index contributed by atoms with van der Waals surface area (Å²) in [4.78, 5) is 24.9. The number of amides is 1. The highest BCUT2D eigenvalue weighted by molar-refractivity contribution is 6.32. The first-order valence-electron chi connectivity index (χ1n) is 6.32. The van der Waals surface area contributed by atoms with Crippen LogP contribution in [0.2, 0.25) is 5.02 Å². The van der Waals surface area contributed by atoms with Crippen molar-refractivity contribution in [2.75, 3.05) is 13.1 Å². The Morgan fingerprint density at radius 1 is 1.42 bits per heavy atom. The highest BCUT2D eigenvalue weighted by Crippen LogP contribution is 2.28. The summed E-state index contributed by atoms with van der Waals surface area (Å²) in [6.45, 7) is 3.23. The van der Waals surface area contributed by atoms with Crippen molar-refractivity contribution in [2.24, 2.45) is 0 Å². The lowest BCUT2D eigenvalue weighted by Gasteiger charge is -2.22. The molecule has 1 atom stereocenters. The van der Waals surface area contributed by atoms with Crippen LogP contribution in [0.1, 0.15) is 30.1 Å².